The lowest BCUT2D eigenvalue weighted by Crippen LogP contribution is -2.49. The molecule has 1 aromatic heterocycles. The Morgan fingerprint density at radius 1 is 1.33 bits per heavy atom. The van der Waals surface area contributed by atoms with Crippen molar-refractivity contribution in [1.82, 2.24) is 15.6 Å². The smallest absolute Gasteiger partial charge is 0.142 e. The standard InChI is InChI=1S/C14H19N3O/c1-18-13-4-2-3-12-10(8-17-14(12)13)7-11-9-15-5-6-16-11/h2-4,8,11,15-17H,5-7,9H2,1H3. The normalized spacial score (nSPS) is 20.2. The SMILES string of the molecule is COc1cccc2c(CC3CNCCN3)c[nH]c12. The first-order valence-electron chi connectivity index (χ1n) is 6.45. The molecule has 0 spiro atoms. The van der Waals surface area contributed by atoms with Crippen LogP contribution < -0.4 is 15.4 Å². The molecule has 0 bridgehead atoms. The van der Waals surface area contributed by atoms with Crippen molar-refractivity contribution in [2.24, 2.45) is 0 Å². The van der Waals surface area contributed by atoms with Crippen molar-refractivity contribution in [1.29, 1.82) is 0 Å². The summed E-state index contributed by atoms with van der Waals surface area (Å²) in [5, 5.41) is 8.23. The second kappa shape index (κ2) is 5.00. The number of fused-ring (bicyclic) bond motifs is 1. The molecule has 1 aliphatic rings. The molecule has 1 atom stereocenters. The fourth-order valence-electron chi connectivity index (χ4n) is 2.65. The number of aromatic amines is 1. The Hall–Kier alpha value is -1.52. The summed E-state index contributed by atoms with van der Waals surface area (Å²) in [5.41, 5.74) is 2.45. The van der Waals surface area contributed by atoms with Crippen LogP contribution in [0.2, 0.25) is 0 Å². The fourth-order valence-corrected chi connectivity index (χ4v) is 2.65. The van der Waals surface area contributed by atoms with Gasteiger partial charge in [0.1, 0.15) is 5.75 Å². The van der Waals surface area contributed by atoms with E-state index >= 15 is 0 Å². The van der Waals surface area contributed by atoms with E-state index in [1.807, 2.05) is 12.1 Å². The number of aromatic nitrogens is 1. The van der Waals surface area contributed by atoms with Gasteiger partial charge in [0.15, 0.2) is 0 Å². The molecule has 1 unspecified atom stereocenters. The molecule has 1 aromatic carbocycles. The highest BCUT2D eigenvalue weighted by molar-refractivity contribution is 5.88. The predicted octanol–water partition coefficient (Wildman–Crippen LogP) is 1.28. The molecule has 0 saturated carbocycles. The Labute approximate surface area is 107 Å². The summed E-state index contributed by atoms with van der Waals surface area (Å²) >= 11 is 0. The van der Waals surface area contributed by atoms with E-state index < -0.39 is 0 Å². The molecule has 0 aliphatic carbocycles. The highest BCUT2D eigenvalue weighted by Gasteiger charge is 2.15. The Balaban J connectivity index is 1.88. The average molecular weight is 245 g/mol. The van der Waals surface area contributed by atoms with Crippen molar-refractivity contribution >= 4 is 10.9 Å². The maximum Gasteiger partial charge on any atom is 0.142 e. The summed E-state index contributed by atoms with van der Waals surface area (Å²) in [4.78, 5) is 3.32. The number of para-hydroxylation sites is 1. The van der Waals surface area contributed by atoms with Gasteiger partial charge in [0, 0.05) is 37.3 Å². The van der Waals surface area contributed by atoms with E-state index in [-0.39, 0.29) is 0 Å². The van der Waals surface area contributed by atoms with Crippen LogP contribution in [0.15, 0.2) is 24.4 Å². The molecule has 4 nitrogen and oxygen atoms in total. The van der Waals surface area contributed by atoms with Gasteiger partial charge >= 0.3 is 0 Å². The Morgan fingerprint density at radius 2 is 2.28 bits per heavy atom. The zero-order valence-electron chi connectivity index (χ0n) is 10.6. The number of methoxy groups -OCH3 is 1. The molecule has 2 aromatic rings. The van der Waals surface area contributed by atoms with E-state index in [0.717, 1.165) is 37.3 Å². The van der Waals surface area contributed by atoms with Crippen molar-refractivity contribution in [3.05, 3.63) is 30.0 Å². The molecular formula is C14H19N3O. The summed E-state index contributed by atoms with van der Waals surface area (Å²) in [5.74, 6) is 0.911. The van der Waals surface area contributed by atoms with Gasteiger partial charge in [0.25, 0.3) is 0 Å². The monoisotopic (exact) mass is 245 g/mol. The van der Waals surface area contributed by atoms with Gasteiger partial charge in [-0.25, -0.2) is 0 Å². The number of hydrogen-bond donors (Lipinski definition) is 3. The highest BCUT2D eigenvalue weighted by atomic mass is 16.5. The lowest BCUT2D eigenvalue weighted by atomic mass is 10.0. The molecule has 0 radical (unpaired) electrons. The van der Waals surface area contributed by atoms with Gasteiger partial charge in [-0.1, -0.05) is 12.1 Å². The summed E-state index contributed by atoms with van der Waals surface area (Å²) in [6.07, 6.45) is 3.14. The molecule has 1 aliphatic heterocycles. The van der Waals surface area contributed by atoms with Crippen LogP contribution in [0.4, 0.5) is 0 Å². The van der Waals surface area contributed by atoms with Gasteiger partial charge in [-0.15, -0.1) is 0 Å². The summed E-state index contributed by atoms with van der Waals surface area (Å²) in [6.45, 7) is 3.16. The molecule has 2 heterocycles. The minimum Gasteiger partial charge on any atom is -0.495 e. The van der Waals surface area contributed by atoms with Crippen LogP contribution in [-0.2, 0) is 6.42 Å². The van der Waals surface area contributed by atoms with Crippen LogP contribution >= 0.6 is 0 Å². The Kier molecular flexibility index (Phi) is 3.21. The first-order chi connectivity index (χ1) is 8.88. The topological polar surface area (TPSA) is 49.1 Å². The molecule has 3 rings (SSSR count). The quantitative estimate of drug-likeness (QED) is 0.763. The van der Waals surface area contributed by atoms with Crippen molar-refractivity contribution in [3.8, 4) is 5.75 Å². The number of rotatable bonds is 3. The number of nitrogens with one attached hydrogen (secondary N) is 3. The lowest BCUT2D eigenvalue weighted by Gasteiger charge is -2.24. The molecule has 0 amide bonds. The number of benzene rings is 1. The average Bonchev–Trinajstić information content (AvgIpc) is 2.83. The number of H-pyrrole nitrogens is 1. The van der Waals surface area contributed by atoms with E-state index in [2.05, 4.69) is 27.9 Å². The zero-order chi connectivity index (χ0) is 12.4. The second-order valence-corrected chi connectivity index (χ2v) is 4.76. The van der Waals surface area contributed by atoms with E-state index in [0.29, 0.717) is 6.04 Å². The van der Waals surface area contributed by atoms with Crippen molar-refractivity contribution < 1.29 is 4.74 Å². The van der Waals surface area contributed by atoms with Gasteiger partial charge in [-0.2, -0.15) is 0 Å². The van der Waals surface area contributed by atoms with Crippen LogP contribution in [0.1, 0.15) is 5.56 Å². The largest absolute Gasteiger partial charge is 0.495 e. The molecule has 1 fully saturated rings. The summed E-state index contributed by atoms with van der Waals surface area (Å²) in [6, 6.07) is 6.71. The lowest BCUT2D eigenvalue weighted by molar-refractivity contribution is 0.417. The van der Waals surface area contributed by atoms with Gasteiger partial charge in [0.05, 0.1) is 12.6 Å². The second-order valence-electron chi connectivity index (χ2n) is 4.76. The third-order valence-electron chi connectivity index (χ3n) is 3.57. The molecule has 3 N–H and O–H groups in total. The first kappa shape index (κ1) is 11.6. The fraction of sp³-hybridized carbons (Fsp3) is 0.429. The van der Waals surface area contributed by atoms with E-state index in [1.165, 1.54) is 10.9 Å². The highest BCUT2D eigenvalue weighted by Crippen LogP contribution is 2.27. The number of ether oxygens (including phenoxy) is 1. The zero-order valence-corrected chi connectivity index (χ0v) is 10.6. The summed E-state index contributed by atoms with van der Waals surface area (Å²) in [7, 11) is 1.71. The molecule has 1 saturated heterocycles. The third-order valence-corrected chi connectivity index (χ3v) is 3.57. The van der Waals surface area contributed by atoms with Crippen LogP contribution in [0.25, 0.3) is 10.9 Å². The minimum atomic E-state index is 0.518. The van der Waals surface area contributed by atoms with Crippen molar-refractivity contribution in [2.75, 3.05) is 26.7 Å². The van der Waals surface area contributed by atoms with Gasteiger partial charge in [0.2, 0.25) is 0 Å². The van der Waals surface area contributed by atoms with E-state index in [9.17, 15) is 0 Å². The maximum absolute atomic E-state index is 5.37. The predicted molar refractivity (Wildman–Crippen MR) is 73.2 cm³/mol. The van der Waals surface area contributed by atoms with Crippen LogP contribution in [0.3, 0.4) is 0 Å². The van der Waals surface area contributed by atoms with E-state index in [4.69, 9.17) is 4.74 Å². The van der Waals surface area contributed by atoms with Crippen LogP contribution in [0.5, 0.6) is 5.75 Å². The Morgan fingerprint density at radius 3 is 3.06 bits per heavy atom. The van der Waals surface area contributed by atoms with Crippen molar-refractivity contribution in [2.45, 2.75) is 12.5 Å². The van der Waals surface area contributed by atoms with Crippen LogP contribution in [-0.4, -0.2) is 37.8 Å². The minimum absolute atomic E-state index is 0.518. The van der Waals surface area contributed by atoms with Gasteiger partial charge in [-0.3, -0.25) is 0 Å². The Bertz CT molecular complexity index is 529. The molecule has 18 heavy (non-hydrogen) atoms. The molecule has 4 heteroatoms. The molecule has 96 valence electrons. The first-order valence-corrected chi connectivity index (χ1v) is 6.45. The maximum atomic E-state index is 5.37. The van der Waals surface area contributed by atoms with E-state index in [1.54, 1.807) is 7.11 Å². The molecular weight excluding hydrogens is 226 g/mol. The van der Waals surface area contributed by atoms with Crippen molar-refractivity contribution in [3.63, 3.8) is 0 Å². The van der Waals surface area contributed by atoms with Crippen LogP contribution in [0, 0.1) is 0 Å². The van der Waals surface area contributed by atoms with Gasteiger partial charge < -0.3 is 20.4 Å². The summed E-state index contributed by atoms with van der Waals surface area (Å²) < 4.78 is 5.37. The number of piperazine rings is 1. The third kappa shape index (κ3) is 2.09. The van der Waals surface area contributed by atoms with Gasteiger partial charge in [-0.05, 0) is 18.1 Å². The number of hydrogen-bond acceptors (Lipinski definition) is 3.